The third-order valence-electron chi connectivity index (χ3n) is 3.89. The van der Waals surface area contributed by atoms with E-state index in [1.54, 1.807) is 37.3 Å². The molecule has 0 bridgehead atoms. The predicted molar refractivity (Wildman–Crippen MR) is 108 cm³/mol. The van der Waals surface area contributed by atoms with Crippen molar-refractivity contribution in [3.8, 4) is 0 Å². The van der Waals surface area contributed by atoms with Crippen molar-refractivity contribution in [1.29, 1.82) is 0 Å². The highest BCUT2D eigenvalue weighted by molar-refractivity contribution is 6.30. The van der Waals surface area contributed by atoms with Crippen LogP contribution >= 0.6 is 11.6 Å². The molecule has 9 heteroatoms. The number of carbonyl (C=O) groups excluding carboxylic acids is 2. The second-order valence-electron chi connectivity index (χ2n) is 6.04. The van der Waals surface area contributed by atoms with E-state index in [1.807, 2.05) is 6.92 Å². The summed E-state index contributed by atoms with van der Waals surface area (Å²) >= 11 is 5.87. The quantitative estimate of drug-likeness (QED) is 0.416. The molecular weight excluding hydrogens is 384 g/mol. The highest BCUT2D eigenvalue weighted by atomic mass is 35.5. The molecule has 2 amide bonds. The molecule has 2 N–H and O–H groups in total. The van der Waals surface area contributed by atoms with Crippen molar-refractivity contribution in [3.63, 3.8) is 0 Å². The van der Waals surface area contributed by atoms with Gasteiger partial charge in [0.1, 0.15) is 0 Å². The van der Waals surface area contributed by atoms with Gasteiger partial charge in [-0.25, -0.2) is 5.43 Å². The normalized spacial score (nSPS) is 11.0. The summed E-state index contributed by atoms with van der Waals surface area (Å²) < 4.78 is 0. The molecule has 0 aliphatic heterocycles. The van der Waals surface area contributed by atoms with E-state index in [9.17, 15) is 19.7 Å². The van der Waals surface area contributed by atoms with Gasteiger partial charge in [0.05, 0.1) is 10.6 Å². The average molecular weight is 403 g/mol. The summed E-state index contributed by atoms with van der Waals surface area (Å²) in [5, 5.41) is 17.9. The van der Waals surface area contributed by atoms with E-state index in [0.29, 0.717) is 22.0 Å². The molecule has 0 spiro atoms. The number of hydrogen-bond acceptors (Lipinski definition) is 5. The van der Waals surface area contributed by atoms with Crippen LogP contribution in [-0.2, 0) is 9.59 Å². The van der Waals surface area contributed by atoms with Crippen molar-refractivity contribution in [2.75, 3.05) is 5.32 Å². The smallest absolute Gasteiger partial charge is 0.269 e. The number of hydrazone groups is 1. The molecule has 0 unspecified atom stereocenters. The van der Waals surface area contributed by atoms with Crippen LogP contribution in [-0.4, -0.2) is 22.4 Å². The zero-order chi connectivity index (χ0) is 20.7. The zero-order valence-electron chi connectivity index (χ0n) is 15.4. The van der Waals surface area contributed by atoms with E-state index in [0.717, 1.165) is 5.56 Å². The summed E-state index contributed by atoms with van der Waals surface area (Å²) in [6.07, 6.45) is -0.0322. The largest absolute Gasteiger partial charge is 0.326 e. The first-order chi connectivity index (χ1) is 13.3. The second kappa shape index (κ2) is 9.61. The zero-order valence-corrected chi connectivity index (χ0v) is 16.1. The molecule has 0 fully saturated rings. The summed E-state index contributed by atoms with van der Waals surface area (Å²) in [6, 6.07) is 10.9. The molecule has 146 valence electrons. The number of aryl methyl sites for hydroxylation is 1. The number of nitrogens with zero attached hydrogens (tertiary/aromatic N) is 2. The molecular formula is C19H19ClN4O4. The summed E-state index contributed by atoms with van der Waals surface area (Å²) in [5.74, 6) is -0.708. The van der Waals surface area contributed by atoms with E-state index in [1.165, 1.54) is 12.1 Å². The maximum absolute atomic E-state index is 12.0. The molecule has 0 atom stereocenters. The van der Waals surface area contributed by atoms with Crippen LogP contribution in [0, 0.1) is 17.0 Å². The maximum Gasteiger partial charge on any atom is 0.269 e. The number of nitro groups is 1. The van der Waals surface area contributed by atoms with Crippen LogP contribution in [0.3, 0.4) is 0 Å². The molecule has 0 saturated carbocycles. The maximum atomic E-state index is 12.0. The van der Waals surface area contributed by atoms with Crippen LogP contribution in [0.25, 0.3) is 0 Å². The standard InChI is InChI=1S/C19H19ClN4O4/c1-12-11-15(20)5-8-17(12)21-18(25)9-10-19(26)23-22-13(2)14-3-6-16(7-4-14)24(27)28/h3-8,11H,9-10H2,1-2H3,(H,21,25)(H,23,26)/b22-13-. The number of amides is 2. The highest BCUT2D eigenvalue weighted by Crippen LogP contribution is 2.19. The third kappa shape index (κ3) is 6.17. The SMILES string of the molecule is C/C(=N/NC(=O)CCC(=O)Nc1ccc(Cl)cc1C)c1ccc([N+](=O)[O-])cc1. The Hall–Kier alpha value is -3.26. The second-order valence-corrected chi connectivity index (χ2v) is 6.48. The fourth-order valence-electron chi connectivity index (χ4n) is 2.30. The van der Waals surface area contributed by atoms with Gasteiger partial charge in [0.25, 0.3) is 5.69 Å². The first-order valence-corrected chi connectivity index (χ1v) is 8.78. The van der Waals surface area contributed by atoms with Gasteiger partial charge in [-0.1, -0.05) is 11.6 Å². The number of hydrogen-bond donors (Lipinski definition) is 2. The average Bonchev–Trinajstić information content (AvgIpc) is 2.66. The first kappa shape index (κ1) is 21.0. The number of carbonyl (C=O) groups is 2. The fourth-order valence-corrected chi connectivity index (χ4v) is 2.52. The summed E-state index contributed by atoms with van der Waals surface area (Å²) in [6.45, 7) is 3.49. The minimum atomic E-state index is -0.491. The Kier molecular flexibility index (Phi) is 7.22. The molecule has 0 aliphatic carbocycles. The Morgan fingerprint density at radius 1 is 1.11 bits per heavy atom. The Morgan fingerprint density at radius 2 is 1.75 bits per heavy atom. The van der Waals surface area contributed by atoms with Gasteiger partial charge in [-0.15, -0.1) is 0 Å². The minimum absolute atomic E-state index is 0.000000917. The van der Waals surface area contributed by atoms with Gasteiger partial charge in [-0.05, 0) is 55.3 Å². The lowest BCUT2D eigenvalue weighted by Crippen LogP contribution is -2.22. The monoisotopic (exact) mass is 402 g/mol. The Labute approximate surface area is 166 Å². The predicted octanol–water partition coefficient (Wildman–Crippen LogP) is 3.82. The summed E-state index contributed by atoms with van der Waals surface area (Å²) in [5.41, 5.74) is 4.95. The molecule has 2 aromatic carbocycles. The molecule has 0 aromatic heterocycles. The molecule has 28 heavy (non-hydrogen) atoms. The number of non-ortho nitro benzene ring substituents is 1. The van der Waals surface area contributed by atoms with Crippen LogP contribution in [0.5, 0.6) is 0 Å². The van der Waals surface area contributed by atoms with Crippen molar-refractivity contribution in [2.24, 2.45) is 5.10 Å². The molecule has 0 radical (unpaired) electrons. The lowest BCUT2D eigenvalue weighted by molar-refractivity contribution is -0.384. The molecule has 2 aromatic rings. The Morgan fingerprint density at radius 3 is 2.36 bits per heavy atom. The van der Waals surface area contributed by atoms with Crippen LogP contribution in [0.2, 0.25) is 5.02 Å². The number of benzene rings is 2. The lowest BCUT2D eigenvalue weighted by atomic mass is 10.1. The number of nitrogens with one attached hydrogen (secondary N) is 2. The van der Waals surface area contributed by atoms with E-state index >= 15 is 0 Å². The molecule has 0 heterocycles. The van der Waals surface area contributed by atoms with Gasteiger partial charge < -0.3 is 5.32 Å². The van der Waals surface area contributed by atoms with E-state index in [-0.39, 0.29) is 24.4 Å². The number of anilines is 1. The third-order valence-corrected chi connectivity index (χ3v) is 4.12. The number of halogens is 1. The van der Waals surface area contributed by atoms with E-state index < -0.39 is 10.8 Å². The van der Waals surface area contributed by atoms with Crippen molar-refractivity contribution in [1.82, 2.24) is 5.43 Å². The highest BCUT2D eigenvalue weighted by Gasteiger charge is 2.09. The van der Waals surface area contributed by atoms with Gasteiger partial charge in [-0.3, -0.25) is 19.7 Å². The van der Waals surface area contributed by atoms with Gasteiger partial charge in [0.15, 0.2) is 0 Å². The topological polar surface area (TPSA) is 114 Å². The van der Waals surface area contributed by atoms with Crippen LogP contribution < -0.4 is 10.7 Å². The molecule has 2 rings (SSSR count). The van der Waals surface area contributed by atoms with Crippen molar-refractivity contribution >= 4 is 40.5 Å². The van der Waals surface area contributed by atoms with Crippen LogP contribution in [0.4, 0.5) is 11.4 Å². The van der Waals surface area contributed by atoms with Crippen molar-refractivity contribution < 1.29 is 14.5 Å². The van der Waals surface area contributed by atoms with Crippen LogP contribution in [0.15, 0.2) is 47.6 Å². The number of nitro benzene ring substituents is 1. The van der Waals surface area contributed by atoms with Crippen molar-refractivity contribution in [2.45, 2.75) is 26.7 Å². The Balaban J connectivity index is 1.83. The van der Waals surface area contributed by atoms with E-state index in [2.05, 4.69) is 15.8 Å². The summed E-state index contributed by atoms with van der Waals surface area (Å²) in [4.78, 5) is 34.0. The minimum Gasteiger partial charge on any atom is -0.326 e. The fraction of sp³-hybridized carbons (Fsp3) is 0.211. The molecule has 0 saturated heterocycles. The van der Waals surface area contributed by atoms with Gasteiger partial charge in [0, 0.05) is 35.7 Å². The van der Waals surface area contributed by atoms with Crippen LogP contribution in [0.1, 0.15) is 30.9 Å². The number of rotatable bonds is 7. The van der Waals surface area contributed by atoms with Gasteiger partial charge >= 0.3 is 0 Å². The van der Waals surface area contributed by atoms with Gasteiger partial charge in [0.2, 0.25) is 11.8 Å². The van der Waals surface area contributed by atoms with E-state index in [4.69, 9.17) is 11.6 Å². The first-order valence-electron chi connectivity index (χ1n) is 8.40. The molecule has 0 aliphatic rings. The Bertz CT molecular complexity index is 926. The lowest BCUT2D eigenvalue weighted by Gasteiger charge is -2.08. The molecule has 8 nitrogen and oxygen atoms in total. The summed E-state index contributed by atoms with van der Waals surface area (Å²) in [7, 11) is 0. The van der Waals surface area contributed by atoms with Gasteiger partial charge in [-0.2, -0.15) is 5.10 Å². The van der Waals surface area contributed by atoms with Crippen molar-refractivity contribution in [3.05, 3.63) is 68.7 Å².